The number of hydrogen-bond acceptors (Lipinski definition) is 4. The fourth-order valence-corrected chi connectivity index (χ4v) is 4.62. The number of fused-ring (bicyclic) bond motifs is 3. The number of para-hydroxylation sites is 1. The lowest BCUT2D eigenvalue weighted by Crippen LogP contribution is -2.34. The first kappa shape index (κ1) is 20.4. The summed E-state index contributed by atoms with van der Waals surface area (Å²) < 4.78 is 2.04. The van der Waals surface area contributed by atoms with E-state index in [4.69, 9.17) is 0 Å². The standard InChI is InChI=1S/C24H26N4OS/c1-4-10-20(18-11-6-5-7-12-18)25-23(29)17(3)30-24-27-26-22-15-16(2)19-13-8-9-14-21(19)28(22)24/h5-9,11-15,17,20H,4,10H2,1-3H3,(H,25,29). The van der Waals surface area contributed by atoms with Crippen LogP contribution in [0.25, 0.3) is 16.6 Å². The number of thioether (sulfide) groups is 1. The van der Waals surface area contributed by atoms with Crippen molar-refractivity contribution in [1.82, 2.24) is 19.9 Å². The minimum atomic E-state index is -0.291. The molecule has 5 nitrogen and oxygen atoms in total. The second kappa shape index (κ2) is 8.88. The first-order chi connectivity index (χ1) is 14.6. The average molecular weight is 419 g/mol. The topological polar surface area (TPSA) is 59.3 Å². The van der Waals surface area contributed by atoms with Crippen LogP contribution in [0.5, 0.6) is 0 Å². The molecule has 2 atom stereocenters. The second-order valence-electron chi connectivity index (χ2n) is 7.54. The van der Waals surface area contributed by atoms with Crippen LogP contribution in [0.4, 0.5) is 0 Å². The van der Waals surface area contributed by atoms with Gasteiger partial charge in [-0.05, 0) is 43.5 Å². The molecule has 4 aromatic rings. The molecule has 0 aliphatic heterocycles. The minimum absolute atomic E-state index is 0.00969. The highest BCUT2D eigenvalue weighted by Crippen LogP contribution is 2.28. The maximum Gasteiger partial charge on any atom is 0.233 e. The fraction of sp³-hybridized carbons (Fsp3) is 0.292. The predicted molar refractivity (Wildman–Crippen MR) is 123 cm³/mol. The van der Waals surface area contributed by atoms with Crippen LogP contribution in [0.3, 0.4) is 0 Å². The average Bonchev–Trinajstić information content (AvgIpc) is 3.16. The molecule has 2 heterocycles. The molecular formula is C24H26N4OS. The number of benzene rings is 2. The summed E-state index contributed by atoms with van der Waals surface area (Å²) in [5, 5.41) is 13.5. The Morgan fingerprint density at radius 3 is 2.60 bits per heavy atom. The Kier molecular flexibility index (Phi) is 6.04. The fourth-order valence-electron chi connectivity index (χ4n) is 3.75. The molecule has 0 bridgehead atoms. The Hall–Kier alpha value is -2.86. The molecule has 0 aliphatic carbocycles. The van der Waals surface area contributed by atoms with Gasteiger partial charge in [0.05, 0.1) is 16.8 Å². The smallest absolute Gasteiger partial charge is 0.233 e. The molecule has 1 amide bonds. The number of amides is 1. The van der Waals surface area contributed by atoms with Crippen LogP contribution in [-0.4, -0.2) is 25.8 Å². The van der Waals surface area contributed by atoms with Crippen molar-refractivity contribution in [2.45, 2.75) is 50.1 Å². The van der Waals surface area contributed by atoms with Crippen molar-refractivity contribution in [3.8, 4) is 0 Å². The Labute approximate surface area is 180 Å². The number of rotatable bonds is 7. The van der Waals surface area contributed by atoms with Gasteiger partial charge in [0, 0.05) is 5.39 Å². The van der Waals surface area contributed by atoms with Crippen molar-refractivity contribution in [3.05, 3.63) is 71.8 Å². The van der Waals surface area contributed by atoms with Gasteiger partial charge in [-0.1, -0.05) is 73.6 Å². The van der Waals surface area contributed by atoms with Gasteiger partial charge in [0.15, 0.2) is 10.8 Å². The lowest BCUT2D eigenvalue weighted by Gasteiger charge is -2.21. The molecule has 154 valence electrons. The van der Waals surface area contributed by atoms with Gasteiger partial charge >= 0.3 is 0 Å². The largest absolute Gasteiger partial charge is 0.348 e. The first-order valence-corrected chi connectivity index (χ1v) is 11.2. The van der Waals surface area contributed by atoms with Gasteiger partial charge in [-0.25, -0.2) is 0 Å². The van der Waals surface area contributed by atoms with Crippen LogP contribution >= 0.6 is 11.8 Å². The van der Waals surface area contributed by atoms with Gasteiger partial charge in [-0.2, -0.15) is 0 Å². The number of pyridine rings is 1. The van der Waals surface area contributed by atoms with Crippen molar-refractivity contribution in [3.63, 3.8) is 0 Å². The SMILES string of the molecule is CCCC(NC(=O)C(C)Sc1nnc2cc(C)c3ccccc3n12)c1ccccc1. The van der Waals surface area contributed by atoms with E-state index >= 15 is 0 Å². The Morgan fingerprint density at radius 1 is 1.10 bits per heavy atom. The van der Waals surface area contributed by atoms with E-state index in [1.54, 1.807) is 0 Å². The number of aromatic nitrogens is 3. The van der Waals surface area contributed by atoms with Gasteiger partial charge in [0.1, 0.15) is 0 Å². The molecule has 2 aromatic heterocycles. The Bertz CT molecular complexity index is 1170. The van der Waals surface area contributed by atoms with Gasteiger partial charge in [0.2, 0.25) is 5.91 Å². The van der Waals surface area contributed by atoms with E-state index in [1.165, 1.54) is 11.8 Å². The zero-order valence-electron chi connectivity index (χ0n) is 17.5. The third kappa shape index (κ3) is 4.05. The van der Waals surface area contributed by atoms with E-state index in [2.05, 4.69) is 53.6 Å². The minimum Gasteiger partial charge on any atom is -0.348 e. The molecule has 2 unspecified atom stereocenters. The normalized spacial score (nSPS) is 13.4. The van der Waals surface area contributed by atoms with Crippen molar-refractivity contribution >= 4 is 34.2 Å². The summed E-state index contributed by atoms with van der Waals surface area (Å²) in [6, 6.07) is 20.4. The van der Waals surface area contributed by atoms with Crippen LogP contribution < -0.4 is 5.32 Å². The van der Waals surface area contributed by atoms with E-state index in [9.17, 15) is 4.79 Å². The lowest BCUT2D eigenvalue weighted by molar-refractivity contribution is -0.121. The van der Waals surface area contributed by atoms with Crippen molar-refractivity contribution in [1.29, 1.82) is 0 Å². The molecule has 0 radical (unpaired) electrons. The van der Waals surface area contributed by atoms with E-state index in [1.807, 2.05) is 47.7 Å². The molecule has 0 fully saturated rings. The monoisotopic (exact) mass is 418 g/mol. The molecule has 0 spiro atoms. The highest BCUT2D eigenvalue weighted by molar-refractivity contribution is 8.00. The van der Waals surface area contributed by atoms with Crippen molar-refractivity contribution in [2.75, 3.05) is 0 Å². The van der Waals surface area contributed by atoms with Gasteiger partial charge in [-0.15, -0.1) is 10.2 Å². The van der Waals surface area contributed by atoms with Crippen LogP contribution in [0.1, 0.15) is 43.9 Å². The lowest BCUT2D eigenvalue weighted by atomic mass is 10.0. The highest BCUT2D eigenvalue weighted by Gasteiger charge is 2.22. The van der Waals surface area contributed by atoms with Gasteiger partial charge in [0.25, 0.3) is 0 Å². The summed E-state index contributed by atoms with van der Waals surface area (Å²) in [6.45, 7) is 6.14. The molecule has 1 N–H and O–H groups in total. The quantitative estimate of drug-likeness (QED) is 0.412. The summed E-state index contributed by atoms with van der Waals surface area (Å²) in [5.41, 5.74) is 4.16. The van der Waals surface area contributed by atoms with Crippen LogP contribution in [0.2, 0.25) is 0 Å². The maximum atomic E-state index is 13.0. The summed E-state index contributed by atoms with van der Waals surface area (Å²) in [4.78, 5) is 13.0. The van der Waals surface area contributed by atoms with E-state index in [0.29, 0.717) is 0 Å². The Balaban J connectivity index is 1.57. The van der Waals surface area contributed by atoms with E-state index < -0.39 is 0 Å². The molecule has 0 saturated heterocycles. The van der Waals surface area contributed by atoms with Crippen molar-refractivity contribution < 1.29 is 4.79 Å². The number of carbonyl (C=O) groups is 1. The number of hydrogen-bond donors (Lipinski definition) is 1. The van der Waals surface area contributed by atoms with Crippen LogP contribution in [-0.2, 0) is 4.79 Å². The zero-order valence-corrected chi connectivity index (χ0v) is 18.3. The first-order valence-electron chi connectivity index (χ1n) is 10.3. The molecule has 2 aromatic carbocycles. The second-order valence-corrected chi connectivity index (χ2v) is 8.85. The molecule has 0 aliphatic rings. The van der Waals surface area contributed by atoms with Crippen LogP contribution in [0, 0.1) is 6.92 Å². The molecule has 4 rings (SSSR count). The summed E-state index contributed by atoms with van der Waals surface area (Å²) in [5.74, 6) is 0.00969. The molecule has 30 heavy (non-hydrogen) atoms. The summed E-state index contributed by atoms with van der Waals surface area (Å²) >= 11 is 1.44. The van der Waals surface area contributed by atoms with Gasteiger partial charge in [-0.3, -0.25) is 9.20 Å². The highest BCUT2D eigenvalue weighted by atomic mass is 32.2. The van der Waals surface area contributed by atoms with Crippen molar-refractivity contribution in [2.24, 2.45) is 0 Å². The van der Waals surface area contributed by atoms with E-state index in [-0.39, 0.29) is 17.2 Å². The van der Waals surface area contributed by atoms with Gasteiger partial charge < -0.3 is 5.32 Å². The van der Waals surface area contributed by atoms with E-state index in [0.717, 1.165) is 45.7 Å². The number of nitrogens with one attached hydrogen (secondary N) is 1. The maximum absolute atomic E-state index is 13.0. The third-order valence-electron chi connectivity index (χ3n) is 5.32. The molecule has 6 heteroatoms. The molecular weight excluding hydrogens is 392 g/mol. The number of aryl methyl sites for hydroxylation is 1. The predicted octanol–water partition coefficient (Wildman–Crippen LogP) is 5.33. The summed E-state index contributed by atoms with van der Waals surface area (Å²) in [6.07, 6.45) is 1.91. The third-order valence-corrected chi connectivity index (χ3v) is 6.36. The number of carbonyl (C=O) groups excluding carboxylic acids is 1. The zero-order chi connectivity index (χ0) is 21.1. The van der Waals surface area contributed by atoms with Crippen LogP contribution in [0.15, 0.2) is 65.8 Å². The molecule has 0 saturated carbocycles. The summed E-state index contributed by atoms with van der Waals surface area (Å²) in [7, 11) is 0. The Morgan fingerprint density at radius 2 is 1.83 bits per heavy atom. The number of nitrogens with zero attached hydrogens (tertiary/aromatic N) is 3.